The van der Waals surface area contributed by atoms with E-state index in [0.29, 0.717) is 0 Å². The first-order valence-electron chi connectivity index (χ1n) is 5.50. The summed E-state index contributed by atoms with van der Waals surface area (Å²) in [7, 11) is 0. The molecule has 0 amide bonds. The lowest BCUT2D eigenvalue weighted by Gasteiger charge is -2.27. The highest BCUT2D eigenvalue weighted by atomic mass is 16.7. The minimum Gasteiger partial charge on any atom is -0.396 e. The molecule has 1 aliphatic carbocycles. The number of ether oxygens (including phenoxy) is 2. The third-order valence-electron chi connectivity index (χ3n) is 2.74. The number of aliphatic hydroxyl groups excluding tert-OH is 1. The molecule has 3 nitrogen and oxygen atoms in total. The molecule has 0 aromatic rings. The predicted molar refractivity (Wildman–Crippen MR) is 48.3 cm³/mol. The molecule has 0 radical (unpaired) electrons. The molecule has 0 bridgehead atoms. The van der Waals surface area contributed by atoms with Gasteiger partial charge in [-0.3, -0.25) is 0 Å². The van der Waals surface area contributed by atoms with Crippen LogP contribution in [0.2, 0.25) is 0 Å². The average molecular weight is 187 g/mol. The lowest BCUT2D eigenvalue weighted by molar-refractivity contribution is -0.145. The Morgan fingerprint density at radius 3 is 2.77 bits per heavy atom. The van der Waals surface area contributed by atoms with Gasteiger partial charge < -0.3 is 14.6 Å². The van der Waals surface area contributed by atoms with Crippen LogP contribution in [-0.2, 0) is 9.47 Å². The van der Waals surface area contributed by atoms with Crippen molar-refractivity contribution < 1.29 is 16.0 Å². The third kappa shape index (κ3) is 1.87. The van der Waals surface area contributed by atoms with Gasteiger partial charge in [0.05, 0.1) is 12.2 Å². The van der Waals surface area contributed by atoms with Crippen molar-refractivity contribution in [2.24, 2.45) is 5.92 Å². The van der Waals surface area contributed by atoms with E-state index in [1.807, 2.05) is 13.8 Å². The maximum absolute atomic E-state index is 9.10. The van der Waals surface area contributed by atoms with E-state index < -0.39 is 5.79 Å². The van der Waals surface area contributed by atoms with Crippen molar-refractivity contribution in [1.29, 1.82) is 0 Å². The molecule has 4 atom stereocenters. The van der Waals surface area contributed by atoms with Crippen LogP contribution in [0.1, 0.15) is 34.5 Å². The highest BCUT2D eigenvalue weighted by Crippen LogP contribution is 2.38. The Bertz CT molecular complexity index is 219. The fourth-order valence-corrected chi connectivity index (χ4v) is 2.14. The molecule has 3 heteroatoms. The first kappa shape index (κ1) is 8.21. The molecule has 1 N–H and O–H groups in total. The monoisotopic (exact) mass is 187 g/mol. The summed E-state index contributed by atoms with van der Waals surface area (Å²) in [6.45, 7) is 3.85. The predicted octanol–water partition coefficient (Wildman–Crippen LogP) is 1.30. The molecule has 1 heterocycles. The Kier molecular flexibility index (Phi) is 2.04. The van der Waals surface area contributed by atoms with Gasteiger partial charge in [0.15, 0.2) is 5.79 Å². The van der Waals surface area contributed by atoms with Gasteiger partial charge in [-0.2, -0.15) is 0 Å². The van der Waals surface area contributed by atoms with Crippen molar-refractivity contribution in [3.05, 3.63) is 0 Å². The quantitative estimate of drug-likeness (QED) is 0.672. The molecule has 0 aromatic carbocycles. The molecular formula is C10H18O3. The maximum Gasteiger partial charge on any atom is 0.163 e. The molecule has 2 aliphatic rings. The van der Waals surface area contributed by atoms with E-state index in [1.54, 1.807) is 0 Å². The summed E-state index contributed by atoms with van der Waals surface area (Å²) in [4.78, 5) is 0. The summed E-state index contributed by atoms with van der Waals surface area (Å²) in [6, 6.07) is 0. The fourth-order valence-electron chi connectivity index (χ4n) is 2.14. The number of aliphatic hydroxyl groups is 1. The summed E-state index contributed by atoms with van der Waals surface area (Å²) in [5, 5.41) is 9.10. The van der Waals surface area contributed by atoms with Crippen LogP contribution in [0.15, 0.2) is 0 Å². The maximum atomic E-state index is 9.10. The molecule has 2 rings (SSSR count). The van der Waals surface area contributed by atoms with Crippen LogP contribution in [0.4, 0.5) is 0 Å². The standard InChI is InChI=1S/C10H18O3/c1-10(2)12-8-4-3-7(6-11)5-9(8)13-10/h7-9,11H,3-6H2,1-2H3/t7?,8-,9+/m0/s1/i5D/t5-,7?,8+,9-/m1. The van der Waals surface area contributed by atoms with Gasteiger partial charge in [-0.15, -0.1) is 0 Å². The van der Waals surface area contributed by atoms with E-state index in [-0.39, 0.29) is 31.1 Å². The highest BCUT2D eigenvalue weighted by Gasteiger charge is 2.44. The molecule has 0 aromatic heterocycles. The minimum atomic E-state index is -0.557. The Balaban J connectivity index is 2.08. The van der Waals surface area contributed by atoms with Crippen molar-refractivity contribution in [2.75, 3.05) is 6.61 Å². The Morgan fingerprint density at radius 1 is 1.38 bits per heavy atom. The zero-order valence-electron chi connectivity index (χ0n) is 9.19. The first-order valence-corrected chi connectivity index (χ1v) is 4.92. The molecule has 13 heavy (non-hydrogen) atoms. The van der Waals surface area contributed by atoms with Crippen molar-refractivity contribution in [3.8, 4) is 0 Å². The largest absolute Gasteiger partial charge is 0.396 e. The van der Waals surface area contributed by atoms with Crippen molar-refractivity contribution in [1.82, 2.24) is 0 Å². The van der Waals surface area contributed by atoms with Crippen LogP contribution in [0, 0.1) is 5.92 Å². The van der Waals surface area contributed by atoms with E-state index in [2.05, 4.69) is 0 Å². The van der Waals surface area contributed by atoms with E-state index in [4.69, 9.17) is 16.0 Å². The number of hydrogen-bond donors (Lipinski definition) is 1. The van der Waals surface area contributed by atoms with Crippen molar-refractivity contribution >= 4 is 0 Å². The molecule has 2 fully saturated rings. The number of fused-ring (bicyclic) bond motifs is 1. The van der Waals surface area contributed by atoms with Gasteiger partial charge in [0.2, 0.25) is 0 Å². The zero-order chi connectivity index (χ0) is 10.3. The van der Waals surface area contributed by atoms with Gasteiger partial charge in [0.25, 0.3) is 0 Å². The second-order valence-electron chi connectivity index (χ2n) is 4.35. The lowest BCUT2D eigenvalue weighted by atomic mass is 9.86. The highest BCUT2D eigenvalue weighted by molar-refractivity contribution is 4.87. The Labute approximate surface area is 80.4 Å². The molecule has 0 spiro atoms. The van der Waals surface area contributed by atoms with Crippen LogP contribution in [-0.4, -0.2) is 29.7 Å². The first-order chi connectivity index (χ1) is 6.53. The summed E-state index contributed by atoms with van der Waals surface area (Å²) >= 11 is 0. The van der Waals surface area contributed by atoms with Crippen LogP contribution in [0.3, 0.4) is 0 Å². The third-order valence-corrected chi connectivity index (χ3v) is 2.74. The Hall–Kier alpha value is -0.120. The molecule has 76 valence electrons. The SMILES string of the molecule is [2H][C@@H]1C(CO)CC[C@@H]2OC(C)(C)O[C@@H]21. The van der Waals surface area contributed by atoms with Crippen LogP contribution < -0.4 is 0 Å². The van der Waals surface area contributed by atoms with Gasteiger partial charge in [-0.25, -0.2) is 0 Å². The molecule has 1 aliphatic heterocycles. The smallest absolute Gasteiger partial charge is 0.163 e. The lowest BCUT2D eigenvalue weighted by Crippen LogP contribution is -2.32. The van der Waals surface area contributed by atoms with Crippen molar-refractivity contribution in [3.63, 3.8) is 0 Å². The van der Waals surface area contributed by atoms with E-state index in [0.717, 1.165) is 12.8 Å². The fraction of sp³-hybridized carbons (Fsp3) is 1.00. The Morgan fingerprint density at radius 2 is 2.08 bits per heavy atom. The topological polar surface area (TPSA) is 38.7 Å². The number of rotatable bonds is 1. The molecule has 1 saturated heterocycles. The second kappa shape index (κ2) is 3.23. The van der Waals surface area contributed by atoms with Crippen LogP contribution in [0.5, 0.6) is 0 Å². The molecule has 1 unspecified atom stereocenters. The molecule has 1 saturated carbocycles. The van der Waals surface area contributed by atoms with E-state index in [1.165, 1.54) is 0 Å². The summed E-state index contributed by atoms with van der Waals surface area (Å²) in [5.74, 6) is -0.507. The summed E-state index contributed by atoms with van der Waals surface area (Å²) in [5.41, 5.74) is 0. The van der Waals surface area contributed by atoms with Gasteiger partial charge in [0, 0.05) is 7.98 Å². The van der Waals surface area contributed by atoms with Crippen molar-refractivity contribution in [2.45, 2.75) is 51.1 Å². The zero-order valence-corrected chi connectivity index (χ0v) is 8.19. The average Bonchev–Trinajstić information content (AvgIpc) is 2.42. The van der Waals surface area contributed by atoms with Crippen LogP contribution in [0.25, 0.3) is 0 Å². The minimum absolute atomic E-state index is 0.0498. The molecular weight excluding hydrogens is 168 g/mol. The van der Waals surface area contributed by atoms with Gasteiger partial charge in [-0.05, 0) is 39.0 Å². The summed E-state index contributed by atoms with van der Waals surface area (Å²) in [6.07, 6.45) is 1.31. The van der Waals surface area contributed by atoms with Gasteiger partial charge in [-0.1, -0.05) is 0 Å². The second-order valence-corrected chi connectivity index (χ2v) is 4.35. The summed E-state index contributed by atoms with van der Waals surface area (Å²) < 4.78 is 19.3. The van der Waals surface area contributed by atoms with Gasteiger partial charge >= 0.3 is 0 Å². The normalized spacial score (nSPS) is 49.9. The number of hydrogen-bond acceptors (Lipinski definition) is 3. The van der Waals surface area contributed by atoms with E-state index >= 15 is 0 Å². The van der Waals surface area contributed by atoms with E-state index in [9.17, 15) is 0 Å². The van der Waals surface area contributed by atoms with Crippen LogP contribution >= 0.6 is 0 Å². The van der Waals surface area contributed by atoms with Gasteiger partial charge in [0.1, 0.15) is 0 Å².